The zero-order valence-corrected chi connectivity index (χ0v) is 13.9. The number of anilines is 1. The summed E-state index contributed by atoms with van der Waals surface area (Å²) < 4.78 is 0. The van der Waals surface area contributed by atoms with Gasteiger partial charge in [-0.1, -0.05) is 32.9 Å². The molecule has 1 aromatic carbocycles. The molecular formula is C17H22N2OS. The predicted molar refractivity (Wildman–Crippen MR) is 89.2 cm³/mol. The highest BCUT2D eigenvalue weighted by Crippen LogP contribution is 2.22. The molecule has 3 nitrogen and oxygen atoms in total. The Hall–Kier alpha value is -1.68. The van der Waals surface area contributed by atoms with Crippen LogP contribution in [0.4, 0.5) is 5.69 Å². The average molecular weight is 302 g/mol. The summed E-state index contributed by atoms with van der Waals surface area (Å²) in [6, 6.07) is 7.97. The summed E-state index contributed by atoms with van der Waals surface area (Å²) in [4.78, 5) is 17.6. The van der Waals surface area contributed by atoms with Crippen molar-refractivity contribution in [1.29, 1.82) is 0 Å². The Kier molecular flexibility index (Phi) is 5.12. The number of thiazole rings is 1. The van der Waals surface area contributed by atoms with Gasteiger partial charge in [0.25, 0.3) is 5.91 Å². The van der Waals surface area contributed by atoms with Crippen LogP contribution < -0.4 is 5.32 Å². The first kappa shape index (κ1) is 15.7. The maximum Gasteiger partial charge on any atom is 0.267 e. The van der Waals surface area contributed by atoms with E-state index in [2.05, 4.69) is 37.1 Å². The van der Waals surface area contributed by atoms with Crippen molar-refractivity contribution < 1.29 is 4.79 Å². The molecule has 0 saturated carbocycles. The number of nitrogens with one attached hydrogen (secondary N) is 1. The maximum atomic E-state index is 12.4. The Morgan fingerprint density at radius 2 is 2.14 bits per heavy atom. The minimum absolute atomic E-state index is 0.0618. The van der Waals surface area contributed by atoms with Gasteiger partial charge in [-0.05, 0) is 37.0 Å². The number of hydrogen-bond acceptors (Lipinski definition) is 3. The fourth-order valence-corrected chi connectivity index (χ4v) is 3.33. The molecule has 0 bridgehead atoms. The normalized spacial score (nSPS) is 10.9. The van der Waals surface area contributed by atoms with Crippen molar-refractivity contribution in [3.63, 3.8) is 0 Å². The molecule has 1 N–H and O–H groups in total. The first-order valence-electron chi connectivity index (χ1n) is 7.36. The van der Waals surface area contributed by atoms with Gasteiger partial charge in [0.1, 0.15) is 4.88 Å². The van der Waals surface area contributed by atoms with Crippen LogP contribution in [0, 0.1) is 12.8 Å². The lowest BCUT2D eigenvalue weighted by Gasteiger charge is -2.05. The summed E-state index contributed by atoms with van der Waals surface area (Å²) in [5.74, 6) is 0.487. The second-order valence-electron chi connectivity index (χ2n) is 5.63. The van der Waals surface area contributed by atoms with E-state index < -0.39 is 0 Å². The lowest BCUT2D eigenvalue weighted by Crippen LogP contribution is -2.11. The average Bonchev–Trinajstić information content (AvgIpc) is 2.79. The van der Waals surface area contributed by atoms with Crippen LogP contribution in [0.1, 0.15) is 46.7 Å². The summed E-state index contributed by atoms with van der Waals surface area (Å²) in [6.07, 6.45) is 1.88. The summed E-state index contributed by atoms with van der Waals surface area (Å²) >= 11 is 1.50. The molecule has 0 aliphatic carbocycles. The van der Waals surface area contributed by atoms with Crippen LogP contribution in [-0.4, -0.2) is 10.9 Å². The van der Waals surface area contributed by atoms with Crippen molar-refractivity contribution in [3.05, 3.63) is 45.4 Å². The Morgan fingerprint density at radius 1 is 1.38 bits per heavy atom. The predicted octanol–water partition coefficient (Wildman–Crippen LogP) is 4.46. The summed E-state index contributed by atoms with van der Waals surface area (Å²) in [5.41, 5.74) is 2.88. The van der Waals surface area contributed by atoms with Crippen LogP contribution in [0.2, 0.25) is 0 Å². The van der Waals surface area contributed by atoms with E-state index in [1.54, 1.807) is 0 Å². The number of aryl methyl sites for hydroxylation is 2. The quantitative estimate of drug-likeness (QED) is 0.885. The van der Waals surface area contributed by atoms with Crippen LogP contribution >= 0.6 is 11.3 Å². The third kappa shape index (κ3) is 4.14. The molecule has 1 heterocycles. The van der Waals surface area contributed by atoms with Crippen molar-refractivity contribution in [2.24, 2.45) is 5.92 Å². The van der Waals surface area contributed by atoms with Crippen molar-refractivity contribution in [1.82, 2.24) is 4.98 Å². The molecule has 112 valence electrons. The lowest BCUT2D eigenvalue weighted by molar-refractivity contribution is 0.103. The van der Waals surface area contributed by atoms with E-state index >= 15 is 0 Å². The van der Waals surface area contributed by atoms with Gasteiger partial charge in [0.2, 0.25) is 0 Å². The van der Waals surface area contributed by atoms with Crippen LogP contribution in [0.25, 0.3) is 0 Å². The van der Waals surface area contributed by atoms with Crippen LogP contribution in [0.5, 0.6) is 0 Å². The summed E-state index contributed by atoms with van der Waals surface area (Å²) in [5, 5.41) is 4.01. The summed E-state index contributed by atoms with van der Waals surface area (Å²) in [7, 11) is 0. The van der Waals surface area contributed by atoms with Gasteiger partial charge in [0, 0.05) is 12.1 Å². The molecule has 21 heavy (non-hydrogen) atoms. The second-order valence-corrected chi connectivity index (χ2v) is 6.71. The van der Waals surface area contributed by atoms with Gasteiger partial charge >= 0.3 is 0 Å². The SMILES string of the molecule is CCc1cccc(NC(=O)c2sc(CC(C)C)nc2C)c1. The largest absolute Gasteiger partial charge is 0.321 e. The molecule has 2 rings (SSSR count). The van der Waals surface area contributed by atoms with E-state index in [0.29, 0.717) is 10.8 Å². The highest BCUT2D eigenvalue weighted by molar-refractivity contribution is 7.13. The zero-order chi connectivity index (χ0) is 15.4. The van der Waals surface area contributed by atoms with Gasteiger partial charge in [-0.3, -0.25) is 4.79 Å². The molecule has 1 amide bonds. The minimum atomic E-state index is -0.0618. The zero-order valence-electron chi connectivity index (χ0n) is 13.1. The smallest absolute Gasteiger partial charge is 0.267 e. The highest BCUT2D eigenvalue weighted by Gasteiger charge is 2.16. The molecule has 0 aliphatic rings. The topological polar surface area (TPSA) is 42.0 Å². The monoisotopic (exact) mass is 302 g/mol. The van der Waals surface area contributed by atoms with Gasteiger partial charge in [0.05, 0.1) is 10.7 Å². The van der Waals surface area contributed by atoms with Gasteiger partial charge in [-0.25, -0.2) is 4.98 Å². The fraction of sp³-hybridized carbons (Fsp3) is 0.412. The number of benzene rings is 1. The van der Waals surface area contributed by atoms with E-state index in [1.165, 1.54) is 16.9 Å². The van der Waals surface area contributed by atoms with Crippen LogP contribution in [0.3, 0.4) is 0 Å². The third-order valence-electron chi connectivity index (χ3n) is 3.22. The molecule has 2 aromatic rings. The first-order chi connectivity index (χ1) is 9.99. The van der Waals surface area contributed by atoms with Gasteiger partial charge in [-0.2, -0.15) is 0 Å². The Morgan fingerprint density at radius 3 is 2.81 bits per heavy atom. The Balaban J connectivity index is 2.14. The molecule has 0 spiro atoms. The van der Waals surface area contributed by atoms with E-state index in [0.717, 1.165) is 29.2 Å². The molecule has 0 saturated heterocycles. The molecule has 0 aliphatic heterocycles. The first-order valence-corrected chi connectivity index (χ1v) is 8.17. The summed E-state index contributed by atoms with van der Waals surface area (Å²) in [6.45, 7) is 8.32. The van der Waals surface area contributed by atoms with Crippen molar-refractivity contribution in [3.8, 4) is 0 Å². The second kappa shape index (κ2) is 6.85. The van der Waals surface area contributed by atoms with E-state index in [1.807, 2.05) is 25.1 Å². The maximum absolute atomic E-state index is 12.4. The van der Waals surface area contributed by atoms with Crippen molar-refractivity contribution >= 4 is 22.9 Å². The van der Waals surface area contributed by atoms with Gasteiger partial charge < -0.3 is 5.32 Å². The van der Waals surface area contributed by atoms with Crippen LogP contribution in [-0.2, 0) is 12.8 Å². The minimum Gasteiger partial charge on any atom is -0.321 e. The van der Waals surface area contributed by atoms with Gasteiger partial charge in [0.15, 0.2) is 0 Å². The van der Waals surface area contributed by atoms with Crippen molar-refractivity contribution in [2.45, 2.75) is 40.5 Å². The van der Waals surface area contributed by atoms with Gasteiger partial charge in [-0.15, -0.1) is 11.3 Å². The Labute approximate surface area is 130 Å². The van der Waals surface area contributed by atoms with E-state index in [9.17, 15) is 4.79 Å². The lowest BCUT2D eigenvalue weighted by atomic mass is 10.1. The number of aromatic nitrogens is 1. The number of amides is 1. The van der Waals surface area contributed by atoms with E-state index in [-0.39, 0.29) is 5.91 Å². The number of carbonyl (C=O) groups is 1. The standard InChI is InChI=1S/C17H22N2OS/c1-5-13-7-6-8-14(10-13)19-17(20)16-12(4)18-15(21-16)9-11(2)3/h6-8,10-11H,5,9H2,1-4H3,(H,19,20). The molecule has 4 heteroatoms. The van der Waals surface area contributed by atoms with Crippen molar-refractivity contribution in [2.75, 3.05) is 5.32 Å². The number of rotatable bonds is 5. The highest BCUT2D eigenvalue weighted by atomic mass is 32.1. The molecule has 1 aromatic heterocycles. The number of nitrogens with zero attached hydrogens (tertiary/aromatic N) is 1. The number of hydrogen-bond donors (Lipinski definition) is 1. The third-order valence-corrected chi connectivity index (χ3v) is 4.40. The molecule has 0 unspecified atom stereocenters. The molecule has 0 fully saturated rings. The number of carbonyl (C=O) groups excluding carboxylic acids is 1. The van der Waals surface area contributed by atoms with E-state index in [4.69, 9.17) is 0 Å². The molecule has 0 atom stereocenters. The fourth-order valence-electron chi connectivity index (χ4n) is 2.16. The Bertz CT molecular complexity index is 631. The van der Waals surface area contributed by atoms with Crippen LogP contribution in [0.15, 0.2) is 24.3 Å². The molecular weight excluding hydrogens is 280 g/mol. The molecule has 0 radical (unpaired) electrons.